The van der Waals surface area contributed by atoms with Crippen LogP contribution in [0.15, 0.2) is 29.3 Å². The number of phenols is 1. The Balaban J connectivity index is 1.23. The van der Waals surface area contributed by atoms with Crippen molar-refractivity contribution in [3.63, 3.8) is 0 Å². The lowest BCUT2D eigenvalue weighted by Crippen LogP contribution is -2.56. The summed E-state index contributed by atoms with van der Waals surface area (Å²) in [6, 6.07) is -2.77. The topological polar surface area (TPSA) is 413 Å². The molecule has 0 saturated carbocycles. The van der Waals surface area contributed by atoms with Gasteiger partial charge in [-0.05, 0) is 42.9 Å². The number of thioether (sulfide) groups is 1. The second-order valence-corrected chi connectivity index (χ2v) is 23.9. The number of amides is 10. The summed E-state index contributed by atoms with van der Waals surface area (Å²) >= 11 is 1.01. The van der Waals surface area contributed by atoms with E-state index in [0.29, 0.717) is 92.1 Å². The number of carbonyl (C=O) groups is 12. The molecule has 7 rings (SSSR count). The van der Waals surface area contributed by atoms with Crippen molar-refractivity contribution in [2.45, 2.75) is 126 Å². The zero-order valence-electron chi connectivity index (χ0n) is 48.6. The molecule has 1 aromatic carbocycles. The second kappa shape index (κ2) is 30.2. The van der Waals surface area contributed by atoms with Crippen LogP contribution in [0, 0.1) is 23.7 Å². The van der Waals surface area contributed by atoms with Crippen molar-refractivity contribution < 1.29 is 78.0 Å². The molecule has 0 spiro atoms. The van der Waals surface area contributed by atoms with Crippen molar-refractivity contribution in [2.24, 2.45) is 29.4 Å². The highest BCUT2D eigenvalue weighted by Crippen LogP contribution is 2.42. The summed E-state index contributed by atoms with van der Waals surface area (Å²) in [5.74, 6) is -13.6. The number of H-pyrrole nitrogens is 1. The number of hydrogen-bond donors (Lipinski definition) is 12. The van der Waals surface area contributed by atoms with Crippen LogP contribution in [-0.4, -0.2) is 225 Å². The first-order valence-corrected chi connectivity index (χ1v) is 30.3. The number of unbranched alkanes of at least 4 members (excludes halogenated alkanes) is 2. The summed E-state index contributed by atoms with van der Waals surface area (Å²) < 4.78 is 0. The van der Waals surface area contributed by atoms with E-state index in [1.807, 2.05) is 4.90 Å². The van der Waals surface area contributed by atoms with Crippen molar-refractivity contribution in [2.75, 3.05) is 82.7 Å². The van der Waals surface area contributed by atoms with Crippen LogP contribution in [-0.2, 0) is 64.0 Å². The first kappa shape index (κ1) is 66.1. The number of carbonyl (C=O) groups excluding carboxylic acids is 12. The van der Waals surface area contributed by atoms with Crippen LogP contribution >= 0.6 is 11.8 Å². The fourth-order valence-electron chi connectivity index (χ4n) is 11.5. The van der Waals surface area contributed by atoms with E-state index in [9.17, 15) is 78.0 Å². The molecule has 2 aromatic rings. The van der Waals surface area contributed by atoms with Gasteiger partial charge in [-0.25, -0.2) is 0 Å². The van der Waals surface area contributed by atoms with Gasteiger partial charge < -0.3 is 72.8 Å². The number of imide groups is 1. The maximum Gasteiger partial charge on any atom is 0.253 e. The van der Waals surface area contributed by atoms with Gasteiger partial charge in [0.2, 0.25) is 47.3 Å². The number of anilines is 1. The molecular formula is C57H80N12O16S. The molecule has 0 radical (unpaired) electrons. The molecule has 5 aliphatic rings. The first-order valence-electron chi connectivity index (χ1n) is 29.3. The molecule has 0 unspecified atom stereocenters. The number of piperazine rings is 1. The average Bonchev–Trinajstić information content (AvgIpc) is 1.94. The predicted octanol–water partition coefficient (Wildman–Crippen LogP) is -3.03. The summed E-state index contributed by atoms with van der Waals surface area (Å²) in [7, 11) is 0. The van der Waals surface area contributed by atoms with Gasteiger partial charge in [-0.3, -0.25) is 67.3 Å². The van der Waals surface area contributed by atoms with Gasteiger partial charge in [-0.1, -0.05) is 33.6 Å². The number of hydrogen-bond acceptors (Lipinski definition) is 19. The van der Waals surface area contributed by atoms with E-state index in [-0.39, 0.29) is 55.0 Å². The standard InChI is InChI=1S/C57H80N12O16S/c1-4-30(2)49-55(84)61-25-45(78)62-37-29-86-56-36(35-9-10-39(72)52(51(35)65-56)67-18-16-66(17-19-67)15-13-59-44(77)8-6-5-7-14-68-47(80)11-12-48(68)81)20-32(53(82)60-26-46(79)63-49)21-41(74)50(31(3)42(75)28-70)64-54(83)38-24-34(71)27-69(38)57(85)33(22-40(37)73)23-43(58)76/h9-12,30-34,37-38,42,49-50,65,70-72,75H,4-8,13-29H2,1-3H3,(H2,58,76)(H,59,77)(H,60,82)(H,61,84)(H,62,78)(H,63,79)(H,64,83)/t30-,31-,32-,33-,34+,37-,38-,42-,49-,50-/m0/s1. The molecule has 13 N–H and O–H groups in total. The Morgan fingerprint density at radius 1 is 0.814 bits per heavy atom. The largest absolute Gasteiger partial charge is 0.506 e. The number of nitrogens with zero attached hydrogens (tertiary/aromatic N) is 4. The molecule has 2 fully saturated rings. The summed E-state index contributed by atoms with van der Waals surface area (Å²) in [5, 5.41) is 60.4. The van der Waals surface area contributed by atoms with Gasteiger partial charge >= 0.3 is 0 Å². The monoisotopic (exact) mass is 1220 g/mol. The molecule has 0 aliphatic carbocycles. The van der Waals surface area contributed by atoms with Crippen molar-refractivity contribution in [3.8, 4) is 5.75 Å². The van der Waals surface area contributed by atoms with E-state index < -0.39 is 158 Å². The van der Waals surface area contributed by atoms with E-state index in [4.69, 9.17) is 5.73 Å². The van der Waals surface area contributed by atoms with Gasteiger partial charge in [0.1, 0.15) is 23.5 Å². The molecule has 6 heterocycles. The van der Waals surface area contributed by atoms with Gasteiger partial charge in [-0.15, -0.1) is 11.8 Å². The van der Waals surface area contributed by atoms with Gasteiger partial charge in [0.15, 0.2) is 11.6 Å². The highest BCUT2D eigenvalue weighted by atomic mass is 32.2. The summed E-state index contributed by atoms with van der Waals surface area (Å²) in [5.41, 5.74) is 6.79. The van der Waals surface area contributed by atoms with Gasteiger partial charge in [0.05, 0.1) is 60.4 Å². The number of primary amides is 1. The molecule has 470 valence electrons. The van der Waals surface area contributed by atoms with Crippen LogP contribution in [0.2, 0.25) is 0 Å². The molecule has 2 saturated heterocycles. The molecule has 2 bridgehead atoms. The minimum atomic E-state index is -1.65. The normalized spacial score (nSPS) is 25.7. The maximum absolute atomic E-state index is 15.0. The molecular weight excluding hydrogens is 1140 g/mol. The number of aromatic hydroxyl groups is 1. The Hall–Kier alpha value is -7.47. The highest BCUT2D eigenvalue weighted by molar-refractivity contribution is 7.99. The third-order valence-corrected chi connectivity index (χ3v) is 17.9. The van der Waals surface area contributed by atoms with Crippen LogP contribution in [0.3, 0.4) is 0 Å². The second-order valence-electron chi connectivity index (χ2n) is 22.8. The Labute approximate surface area is 500 Å². The third kappa shape index (κ3) is 16.7. The average molecular weight is 1220 g/mol. The predicted molar refractivity (Wildman–Crippen MR) is 310 cm³/mol. The first-order chi connectivity index (χ1) is 41.0. The molecule has 10 amide bonds. The maximum atomic E-state index is 15.0. The molecule has 10 atom stereocenters. The van der Waals surface area contributed by atoms with Crippen LogP contribution in [0.1, 0.15) is 84.1 Å². The van der Waals surface area contributed by atoms with Crippen molar-refractivity contribution in [1.82, 2.24) is 51.6 Å². The Morgan fingerprint density at radius 3 is 2.17 bits per heavy atom. The van der Waals surface area contributed by atoms with Gasteiger partial charge in [0.25, 0.3) is 11.8 Å². The number of nitrogens with one attached hydrogen (secondary N) is 7. The lowest BCUT2D eigenvalue weighted by atomic mass is 9.85. The van der Waals surface area contributed by atoms with Crippen molar-refractivity contribution >= 4 is 99.0 Å². The fourth-order valence-corrected chi connectivity index (χ4v) is 12.7. The Kier molecular flexibility index (Phi) is 23.2. The number of aromatic amines is 1. The number of aliphatic hydroxyl groups is 3. The number of fused-ring (bicyclic) bond motifs is 5. The highest BCUT2D eigenvalue weighted by Gasteiger charge is 2.45. The number of Topliss-reactive ketones (excluding diaryl/α,β-unsaturated/α-hetero) is 2. The molecule has 28 nitrogen and oxygen atoms in total. The van der Waals surface area contributed by atoms with Crippen LogP contribution in [0.25, 0.3) is 10.9 Å². The Bertz CT molecular complexity index is 2930. The number of aliphatic hydroxyl groups excluding tert-OH is 3. The van der Waals surface area contributed by atoms with Gasteiger partial charge in [0, 0.05) is 120 Å². The molecule has 29 heteroatoms. The number of aromatic nitrogens is 1. The number of ketones is 2. The minimum Gasteiger partial charge on any atom is -0.506 e. The fraction of sp³-hybridized carbons (Fsp3) is 0.614. The number of rotatable bonds is 17. The lowest BCUT2D eigenvalue weighted by Gasteiger charge is -2.36. The van der Waals surface area contributed by atoms with E-state index in [1.165, 1.54) is 30.0 Å². The summed E-state index contributed by atoms with van der Waals surface area (Å²) in [6.07, 6.45) is -0.727. The van der Waals surface area contributed by atoms with Crippen LogP contribution in [0.5, 0.6) is 5.75 Å². The lowest BCUT2D eigenvalue weighted by molar-refractivity contribution is -0.145. The van der Waals surface area contributed by atoms with Crippen molar-refractivity contribution in [1.29, 1.82) is 0 Å². The van der Waals surface area contributed by atoms with Crippen LogP contribution < -0.4 is 42.5 Å². The third-order valence-electron chi connectivity index (χ3n) is 16.7. The zero-order chi connectivity index (χ0) is 62.5. The van der Waals surface area contributed by atoms with Crippen molar-refractivity contribution in [3.05, 3.63) is 29.8 Å². The number of nitrogens with two attached hydrogens (primary N) is 1. The zero-order valence-corrected chi connectivity index (χ0v) is 49.4. The molecule has 5 aliphatic heterocycles. The van der Waals surface area contributed by atoms with Gasteiger partial charge in [-0.2, -0.15) is 0 Å². The summed E-state index contributed by atoms with van der Waals surface area (Å²) in [6.45, 7) is 5.12. The smallest absolute Gasteiger partial charge is 0.253 e. The minimum absolute atomic E-state index is 0.129. The van der Waals surface area contributed by atoms with E-state index in [2.05, 4.69) is 41.8 Å². The number of benzene rings is 1. The van der Waals surface area contributed by atoms with E-state index in [0.717, 1.165) is 16.7 Å². The molecule has 1 aromatic heterocycles. The number of phenolic OH excluding ortho intramolecular Hbond substituents is 1. The Morgan fingerprint density at radius 2 is 1.50 bits per heavy atom. The summed E-state index contributed by atoms with van der Waals surface area (Å²) in [4.78, 5) is 173. The van der Waals surface area contributed by atoms with E-state index >= 15 is 0 Å². The van der Waals surface area contributed by atoms with E-state index in [1.54, 1.807) is 19.9 Å². The van der Waals surface area contributed by atoms with Crippen LogP contribution in [0.4, 0.5) is 5.69 Å². The molecule has 86 heavy (non-hydrogen) atoms. The SMILES string of the molecule is CC[C@H](C)[C@@H]1NC(=O)CNC(=O)[C@@H]2CC(=O)[C@H]([C@@H](C)[C@@H](O)CO)NC(=O)[C@@H]3C[C@@H](O)CN3C(=O)[C@H](CC(N)=O)CC(=O)[C@H](CSc3[nH]c4c(N5CCN(CCNC(=O)CCCCCN6C(=O)C=CC6=O)CC5)c(O)ccc4c3C2)NC(=O)CNC1=O. The quantitative estimate of drug-likeness (QED) is 0.0554.